The van der Waals surface area contributed by atoms with E-state index in [1.165, 1.54) is 12.3 Å². The van der Waals surface area contributed by atoms with Gasteiger partial charge in [0.05, 0.1) is 41.8 Å². The number of aryl methyl sites for hydroxylation is 1. The van der Waals surface area contributed by atoms with E-state index in [2.05, 4.69) is 24.3 Å². The lowest BCUT2D eigenvalue weighted by Gasteiger charge is -2.35. The first-order valence-corrected chi connectivity index (χ1v) is 20.8. The van der Waals surface area contributed by atoms with Crippen LogP contribution in [0.15, 0.2) is 82.2 Å². The molecule has 12 nitrogen and oxygen atoms in total. The minimum atomic E-state index is -1.86. The van der Waals surface area contributed by atoms with Crippen molar-refractivity contribution in [2.75, 3.05) is 6.61 Å². The van der Waals surface area contributed by atoms with Gasteiger partial charge in [0.15, 0.2) is 0 Å². The lowest BCUT2D eigenvalue weighted by atomic mass is 9.85. The first kappa shape index (κ1) is 34.9. The molecular weight excluding hydrogens is 683 g/mol. The number of cyclic esters (lactones) is 1. The fraction of sp³-hybridized carbons (Fsp3) is 0.333. The third kappa shape index (κ3) is 6.63. The molecule has 3 aromatic heterocycles. The van der Waals surface area contributed by atoms with Crippen LogP contribution in [-0.2, 0) is 55.5 Å². The number of rotatable bonds is 12. The fourth-order valence-corrected chi connectivity index (χ4v) is 9.42. The highest BCUT2D eigenvalue weighted by molar-refractivity contribution is 6.77. The molecule has 0 unspecified atom stereocenters. The number of hydrogen-bond acceptors (Lipinski definition) is 11. The first-order valence-electron chi connectivity index (χ1n) is 17.4. The van der Waals surface area contributed by atoms with Crippen LogP contribution in [0.2, 0.25) is 25.2 Å². The van der Waals surface area contributed by atoms with Crippen LogP contribution >= 0.6 is 0 Å². The van der Waals surface area contributed by atoms with E-state index in [9.17, 15) is 19.2 Å². The molecule has 5 aromatic rings. The number of ether oxygens (including phenoxy) is 4. The summed E-state index contributed by atoms with van der Waals surface area (Å²) in [5, 5.41) is 4.58. The predicted molar refractivity (Wildman–Crippen MR) is 192 cm³/mol. The SMILES string of the molecule is CC[C@@]1(OC(=O)OCc2ccccc2)C(=O)OCc2c1cc1n(c2=O)Cc2c-1nc1ccccc1c2CC[Si](C)(C)CCCOC(=O)c1ccno1. The van der Waals surface area contributed by atoms with Gasteiger partial charge in [-0.2, -0.15) is 0 Å². The van der Waals surface area contributed by atoms with Gasteiger partial charge in [-0.1, -0.05) is 85.8 Å². The zero-order valence-electron chi connectivity index (χ0n) is 29.3. The van der Waals surface area contributed by atoms with Crippen LogP contribution < -0.4 is 5.56 Å². The zero-order chi connectivity index (χ0) is 36.5. The molecule has 2 aliphatic heterocycles. The maximum Gasteiger partial charge on any atom is 0.510 e. The van der Waals surface area contributed by atoms with Gasteiger partial charge in [-0.15, -0.1) is 0 Å². The number of aromatic nitrogens is 3. The number of carbonyl (C=O) groups is 3. The maximum atomic E-state index is 14.2. The second kappa shape index (κ2) is 14.2. The molecule has 7 rings (SSSR count). The number of benzene rings is 2. The standard InChI is InChI=1S/C39H39N3O9Si/c1-4-39(50-38(46)49-23-25-11-6-5-7-12-25)30-21-32-34-28(22-42(32)35(43)29(30)24-48-37(39)45)26(27-13-8-9-14-31(27)41-34)16-20-52(2,3)19-10-18-47-36(44)33-15-17-40-51-33/h5-9,11-15,17,21H,4,10,16,18-20,22-24H2,1-3H3/t39-/m0/s1. The molecule has 2 aromatic carbocycles. The number of nitrogens with zero attached hydrogens (tertiary/aromatic N) is 3. The van der Waals surface area contributed by atoms with Crippen molar-refractivity contribution in [3.05, 3.63) is 117 Å². The maximum absolute atomic E-state index is 14.2. The highest BCUT2D eigenvalue weighted by Crippen LogP contribution is 2.42. The van der Waals surface area contributed by atoms with E-state index >= 15 is 0 Å². The number of pyridine rings is 2. The number of fused-ring (bicyclic) bond motifs is 5. The van der Waals surface area contributed by atoms with E-state index in [0.29, 0.717) is 30.1 Å². The summed E-state index contributed by atoms with van der Waals surface area (Å²) in [6.45, 7) is 6.70. The van der Waals surface area contributed by atoms with Gasteiger partial charge >= 0.3 is 18.1 Å². The average Bonchev–Trinajstić information content (AvgIpc) is 3.82. The van der Waals surface area contributed by atoms with Crippen LogP contribution in [-0.4, -0.2) is 47.5 Å². The largest absolute Gasteiger partial charge is 0.510 e. The van der Waals surface area contributed by atoms with Crippen LogP contribution in [0.1, 0.15) is 58.1 Å². The Bertz CT molecular complexity index is 2220. The minimum absolute atomic E-state index is 0.0321. The minimum Gasteiger partial charge on any atom is -0.460 e. The third-order valence-electron chi connectivity index (χ3n) is 10.1. The summed E-state index contributed by atoms with van der Waals surface area (Å²) >= 11 is 0. The molecule has 5 heterocycles. The quantitative estimate of drug-likeness (QED) is 0.0561. The van der Waals surface area contributed by atoms with Gasteiger partial charge in [0, 0.05) is 30.7 Å². The van der Waals surface area contributed by atoms with Crippen molar-refractivity contribution in [1.29, 1.82) is 0 Å². The lowest BCUT2D eigenvalue weighted by Crippen LogP contribution is -2.47. The van der Waals surface area contributed by atoms with Crippen LogP contribution in [0, 0.1) is 0 Å². The van der Waals surface area contributed by atoms with Crippen molar-refractivity contribution >= 4 is 37.1 Å². The van der Waals surface area contributed by atoms with Gasteiger partial charge in [-0.3, -0.25) is 4.79 Å². The van der Waals surface area contributed by atoms with Crippen LogP contribution in [0.4, 0.5) is 4.79 Å². The molecule has 0 N–H and O–H groups in total. The summed E-state index contributed by atoms with van der Waals surface area (Å²) in [7, 11) is -1.76. The summed E-state index contributed by atoms with van der Waals surface area (Å²) in [5.74, 6) is -1.19. The monoisotopic (exact) mass is 721 g/mol. The molecule has 2 aliphatic rings. The van der Waals surface area contributed by atoms with E-state index in [1.807, 2.05) is 48.5 Å². The number of hydrogen-bond donors (Lipinski definition) is 0. The molecule has 1 atom stereocenters. The molecule has 52 heavy (non-hydrogen) atoms. The second-order valence-corrected chi connectivity index (χ2v) is 19.2. The Balaban J connectivity index is 1.16. The Morgan fingerprint density at radius 3 is 2.54 bits per heavy atom. The van der Waals surface area contributed by atoms with Gasteiger partial charge in [0.1, 0.15) is 13.2 Å². The Morgan fingerprint density at radius 1 is 0.981 bits per heavy atom. The number of esters is 2. The van der Waals surface area contributed by atoms with Crippen molar-refractivity contribution in [1.82, 2.24) is 14.7 Å². The first-order chi connectivity index (χ1) is 25.1. The van der Waals surface area contributed by atoms with Gasteiger partial charge in [-0.25, -0.2) is 19.4 Å². The lowest BCUT2D eigenvalue weighted by molar-refractivity contribution is -0.175. The van der Waals surface area contributed by atoms with Gasteiger partial charge in [0.2, 0.25) is 11.4 Å². The topological polar surface area (TPSA) is 149 Å². The van der Waals surface area contributed by atoms with E-state index in [1.54, 1.807) is 17.6 Å². The number of carbonyl (C=O) groups excluding carboxylic acids is 3. The molecule has 0 aliphatic carbocycles. The fourth-order valence-electron chi connectivity index (χ4n) is 7.14. The molecule has 268 valence electrons. The second-order valence-electron chi connectivity index (χ2n) is 13.9. The van der Waals surface area contributed by atoms with Gasteiger partial charge in [0.25, 0.3) is 5.56 Å². The predicted octanol–water partition coefficient (Wildman–Crippen LogP) is 6.93. The summed E-state index contributed by atoms with van der Waals surface area (Å²) in [6.07, 6.45) is 1.92. The molecule has 13 heteroatoms. The Labute approximate surface area is 300 Å². The highest BCUT2D eigenvalue weighted by Gasteiger charge is 2.51. The molecule has 0 radical (unpaired) electrons. The highest BCUT2D eigenvalue weighted by atomic mass is 28.3. The molecule has 0 saturated carbocycles. The van der Waals surface area contributed by atoms with Crippen LogP contribution in [0.25, 0.3) is 22.3 Å². The molecule has 0 amide bonds. The Hall–Kier alpha value is -5.56. The normalized spacial score (nSPS) is 16.1. The Morgan fingerprint density at radius 2 is 1.77 bits per heavy atom. The smallest absolute Gasteiger partial charge is 0.460 e. The molecule has 0 bridgehead atoms. The summed E-state index contributed by atoms with van der Waals surface area (Å²) in [6, 6.07) is 22.2. The summed E-state index contributed by atoms with van der Waals surface area (Å²) in [4.78, 5) is 57.9. The van der Waals surface area contributed by atoms with Crippen molar-refractivity contribution in [3.8, 4) is 11.4 Å². The van der Waals surface area contributed by atoms with Gasteiger partial charge < -0.3 is 28.0 Å². The van der Waals surface area contributed by atoms with Crippen molar-refractivity contribution in [3.63, 3.8) is 0 Å². The molecule has 0 saturated heterocycles. The van der Waals surface area contributed by atoms with E-state index < -0.39 is 31.8 Å². The zero-order valence-corrected chi connectivity index (χ0v) is 30.3. The summed E-state index contributed by atoms with van der Waals surface area (Å²) in [5.41, 5.74) is 3.25. The molecular formula is C39H39N3O9Si. The molecule has 0 fully saturated rings. The molecule has 0 spiro atoms. The van der Waals surface area contributed by atoms with E-state index in [0.717, 1.165) is 52.5 Å². The summed E-state index contributed by atoms with van der Waals surface area (Å²) < 4.78 is 28.6. The van der Waals surface area contributed by atoms with Gasteiger partial charge in [-0.05, 0) is 42.5 Å². The van der Waals surface area contributed by atoms with Crippen molar-refractivity contribution < 1.29 is 37.9 Å². The van der Waals surface area contributed by atoms with Crippen LogP contribution in [0.5, 0.6) is 0 Å². The number of para-hydroxylation sites is 1. The third-order valence-corrected chi connectivity index (χ3v) is 13.4. The van der Waals surface area contributed by atoms with Crippen molar-refractivity contribution in [2.24, 2.45) is 0 Å². The van der Waals surface area contributed by atoms with E-state index in [-0.39, 0.29) is 36.5 Å². The van der Waals surface area contributed by atoms with Crippen LogP contribution in [0.3, 0.4) is 0 Å². The van der Waals surface area contributed by atoms with Crippen molar-refractivity contribution in [2.45, 2.75) is 76.7 Å². The average molecular weight is 722 g/mol. The Kier molecular flexibility index (Phi) is 9.53. The van der Waals surface area contributed by atoms with E-state index in [4.69, 9.17) is 28.5 Å².